The van der Waals surface area contributed by atoms with Gasteiger partial charge in [-0.3, -0.25) is 0 Å². The second-order valence-corrected chi connectivity index (χ2v) is 13.6. The van der Waals surface area contributed by atoms with Crippen molar-refractivity contribution in [2.45, 2.75) is 116 Å². The molecule has 10 atom stereocenters. The first-order valence-corrected chi connectivity index (χ1v) is 13.6. The van der Waals surface area contributed by atoms with Gasteiger partial charge in [0.2, 0.25) is 0 Å². The first-order chi connectivity index (χ1) is 14.6. The van der Waals surface area contributed by atoms with Crippen LogP contribution in [-0.4, -0.2) is 34.6 Å². The van der Waals surface area contributed by atoms with Gasteiger partial charge in [-0.05, 0) is 124 Å². The van der Waals surface area contributed by atoms with Crippen molar-refractivity contribution in [2.75, 3.05) is 13.2 Å². The first kappa shape index (κ1) is 22.7. The third-order valence-corrected chi connectivity index (χ3v) is 11.9. The molecule has 0 aromatic heterocycles. The van der Waals surface area contributed by atoms with Crippen molar-refractivity contribution in [2.24, 2.45) is 46.3 Å². The lowest BCUT2D eigenvalue weighted by molar-refractivity contribution is -0.148. The molecule has 5 aliphatic rings. The van der Waals surface area contributed by atoms with Gasteiger partial charge in [0, 0.05) is 13.0 Å². The average Bonchev–Trinajstić information content (AvgIpc) is 3.30. The van der Waals surface area contributed by atoms with E-state index in [1.54, 1.807) is 0 Å². The monoisotopic (exact) mass is 432 g/mol. The summed E-state index contributed by atoms with van der Waals surface area (Å²) < 4.78 is 5.48. The van der Waals surface area contributed by atoms with Crippen LogP contribution in [0.2, 0.25) is 0 Å². The number of ether oxygens (including phenoxy) is 1. The summed E-state index contributed by atoms with van der Waals surface area (Å²) in [6, 6.07) is 0. The van der Waals surface area contributed by atoms with Crippen LogP contribution in [0.25, 0.3) is 0 Å². The lowest BCUT2D eigenvalue weighted by atomic mass is 9.43. The summed E-state index contributed by atoms with van der Waals surface area (Å²) in [5.41, 5.74) is -0.0246. The maximum atomic E-state index is 10.8. The third-order valence-electron chi connectivity index (χ3n) is 11.9. The Morgan fingerprint density at radius 1 is 0.871 bits per heavy atom. The lowest BCUT2D eigenvalue weighted by Gasteiger charge is -2.62. The van der Waals surface area contributed by atoms with E-state index in [0.717, 1.165) is 68.3 Å². The molecule has 5 fully saturated rings. The van der Waals surface area contributed by atoms with E-state index in [-0.39, 0.29) is 0 Å². The number of fused-ring (bicyclic) bond motifs is 5. The van der Waals surface area contributed by atoms with Gasteiger partial charge in [-0.2, -0.15) is 0 Å². The zero-order chi connectivity index (χ0) is 22.1. The predicted octanol–water partition coefficient (Wildman–Crippen LogP) is 5.96. The summed E-state index contributed by atoms with van der Waals surface area (Å²) in [4.78, 5) is 0. The van der Waals surface area contributed by atoms with Crippen molar-refractivity contribution >= 4 is 0 Å². The van der Waals surface area contributed by atoms with Crippen LogP contribution in [0.3, 0.4) is 0 Å². The van der Waals surface area contributed by atoms with Crippen LogP contribution < -0.4 is 0 Å². The minimum absolute atomic E-state index is 0.428. The maximum Gasteiger partial charge on any atom is 0.0902 e. The molecule has 0 spiro atoms. The molecular formula is C28H48O3. The summed E-state index contributed by atoms with van der Waals surface area (Å²) >= 11 is 0. The van der Waals surface area contributed by atoms with Crippen LogP contribution >= 0.6 is 0 Å². The molecule has 1 aliphatic heterocycles. The lowest BCUT2D eigenvalue weighted by Crippen LogP contribution is -2.55. The second-order valence-electron chi connectivity index (χ2n) is 13.6. The Kier molecular flexibility index (Phi) is 5.63. The fourth-order valence-electron chi connectivity index (χ4n) is 9.90. The van der Waals surface area contributed by atoms with E-state index in [9.17, 15) is 10.2 Å². The van der Waals surface area contributed by atoms with E-state index in [2.05, 4.69) is 27.7 Å². The molecule has 4 aliphatic carbocycles. The van der Waals surface area contributed by atoms with E-state index in [1.165, 1.54) is 44.9 Å². The summed E-state index contributed by atoms with van der Waals surface area (Å²) in [7, 11) is 0. The number of aliphatic hydroxyl groups is 2. The van der Waals surface area contributed by atoms with Gasteiger partial charge in [-0.15, -0.1) is 0 Å². The Bertz CT molecular complexity index is 667. The highest BCUT2D eigenvalue weighted by atomic mass is 16.5. The summed E-state index contributed by atoms with van der Waals surface area (Å²) in [5.74, 6) is 4.94. The highest BCUT2D eigenvalue weighted by molar-refractivity contribution is 5.10. The molecule has 1 heterocycles. The molecule has 4 saturated carbocycles. The van der Waals surface area contributed by atoms with Crippen molar-refractivity contribution in [3.63, 3.8) is 0 Å². The highest BCUT2D eigenvalue weighted by Crippen LogP contribution is 2.68. The highest BCUT2D eigenvalue weighted by Gasteiger charge is 2.61. The minimum Gasteiger partial charge on any atom is -0.390 e. The first-order valence-electron chi connectivity index (χ1n) is 13.6. The van der Waals surface area contributed by atoms with E-state index < -0.39 is 11.2 Å². The van der Waals surface area contributed by atoms with Gasteiger partial charge in [0.25, 0.3) is 0 Å². The zero-order valence-corrected chi connectivity index (χ0v) is 20.7. The van der Waals surface area contributed by atoms with E-state index in [0.29, 0.717) is 23.4 Å². The summed E-state index contributed by atoms with van der Waals surface area (Å²) in [6.45, 7) is 11.1. The molecule has 0 bridgehead atoms. The number of hydrogen-bond acceptors (Lipinski definition) is 3. The van der Waals surface area contributed by atoms with Crippen LogP contribution in [0, 0.1) is 46.3 Å². The predicted molar refractivity (Wildman–Crippen MR) is 125 cm³/mol. The van der Waals surface area contributed by atoms with Gasteiger partial charge in [0.05, 0.1) is 17.8 Å². The molecule has 0 unspecified atom stereocenters. The zero-order valence-electron chi connectivity index (χ0n) is 20.7. The Morgan fingerprint density at radius 2 is 1.65 bits per heavy atom. The molecule has 3 nitrogen and oxygen atoms in total. The van der Waals surface area contributed by atoms with Crippen molar-refractivity contribution in [3.05, 3.63) is 0 Å². The molecule has 5 rings (SSSR count). The Labute approximate surface area is 190 Å². The standard InChI is InChI=1S/C28H48O3/c1-19(9-12-28(30)15-16-31-18-28)22-7-8-23-21-6-5-20-17-25(2,29)13-14-26(20,3)24(21)10-11-27(22,23)4/h19-24,29-30H,5-18H2,1-4H3/t19-,20+,21+,22-,23+,24+,25+,26+,27-,28+/m1/s1. The molecule has 0 radical (unpaired) electrons. The van der Waals surface area contributed by atoms with Gasteiger partial charge >= 0.3 is 0 Å². The van der Waals surface area contributed by atoms with Crippen molar-refractivity contribution in [1.29, 1.82) is 0 Å². The van der Waals surface area contributed by atoms with Crippen LogP contribution in [0.15, 0.2) is 0 Å². The molecular weight excluding hydrogens is 384 g/mol. The number of rotatable bonds is 4. The smallest absolute Gasteiger partial charge is 0.0902 e. The molecule has 0 aromatic rings. The summed E-state index contributed by atoms with van der Waals surface area (Å²) in [6.07, 6.45) is 14.5. The van der Waals surface area contributed by atoms with E-state index >= 15 is 0 Å². The Hall–Kier alpha value is -0.120. The van der Waals surface area contributed by atoms with Crippen LogP contribution in [-0.2, 0) is 4.74 Å². The third kappa shape index (κ3) is 3.73. The molecule has 0 amide bonds. The topological polar surface area (TPSA) is 49.7 Å². The Balaban J connectivity index is 1.28. The van der Waals surface area contributed by atoms with Crippen molar-refractivity contribution < 1.29 is 14.9 Å². The molecule has 3 heteroatoms. The maximum absolute atomic E-state index is 10.8. The van der Waals surface area contributed by atoms with E-state index in [4.69, 9.17) is 4.74 Å². The molecule has 2 N–H and O–H groups in total. The normalized spacial score (nSPS) is 55.4. The molecule has 1 saturated heterocycles. The number of hydrogen-bond donors (Lipinski definition) is 2. The fraction of sp³-hybridized carbons (Fsp3) is 1.00. The SMILES string of the molecule is C[C@H](CC[C@]1(O)CCOC1)[C@H]1CC[C@H]2[C@@H]3CC[C@H]4C[C@@](C)(O)CC[C@]4(C)[C@H]3CC[C@]12C. The van der Waals surface area contributed by atoms with Gasteiger partial charge in [0.1, 0.15) is 0 Å². The van der Waals surface area contributed by atoms with E-state index in [1.807, 2.05) is 0 Å². The van der Waals surface area contributed by atoms with Gasteiger partial charge in [-0.1, -0.05) is 20.8 Å². The van der Waals surface area contributed by atoms with Gasteiger partial charge in [-0.25, -0.2) is 0 Å². The second kappa shape index (κ2) is 7.70. The fourth-order valence-corrected chi connectivity index (χ4v) is 9.90. The van der Waals surface area contributed by atoms with Crippen LogP contribution in [0.5, 0.6) is 0 Å². The van der Waals surface area contributed by atoms with Crippen molar-refractivity contribution in [3.8, 4) is 0 Å². The van der Waals surface area contributed by atoms with Crippen LogP contribution in [0.4, 0.5) is 0 Å². The molecule has 0 aromatic carbocycles. The van der Waals surface area contributed by atoms with Crippen molar-refractivity contribution in [1.82, 2.24) is 0 Å². The molecule has 31 heavy (non-hydrogen) atoms. The average molecular weight is 433 g/mol. The quantitative estimate of drug-likeness (QED) is 0.576. The Morgan fingerprint density at radius 3 is 2.39 bits per heavy atom. The summed E-state index contributed by atoms with van der Waals surface area (Å²) in [5, 5.41) is 21.5. The van der Waals surface area contributed by atoms with Crippen LogP contribution in [0.1, 0.15) is 105 Å². The van der Waals surface area contributed by atoms with Gasteiger partial charge < -0.3 is 14.9 Å². The minimum atomic E-state index is -0.556. The largest absolute Gasteiger partial charge is 0.390 e. The van der Waals surface area contributed by atoms with Gasteiger partial charge in [0.15, 0.2) is 0 Å². The molecule has 178 valence electrons.